The van der Waals surface area contributed by atoms with Crippen molar-refractivity contribution in [2.45, 2.75) is 25.8 Å². The van der Waals surface area contributed by atoms with E-state index >= 15 is 0 Å². The summed E-state index contributed by atoms with van der Waals surface area (Å²) in [7, 11) is 0. The molecule has 0 aliphatic heterocycles. The first kappa shape index (κ1) is 8.29. The normalized spacial score (nSPS) is 25.6. The minimum atomic E-state index is -0.154. The van der Waals surface area contributed by atoms with Crippen LogP contribution < -0.4 is 5.32 Å². The van der Waals surface area contributed by atoms with Crippen molar-refractivity contribution in [1.29, 1.82) is 0 Å². The molecule has 0 spiro atoms. The SMILES string of the molecule is CCC1CC1NC(=O)c1ccno1. The molecule has 1 amide bonds. The number of nitrogens with one attached hydrogen (secondary N) is 1. The van der Waals surface area contributed by atoms with Gasteiger partial charge in [-0.3, -0.25) is 4.79 Å². The van der Waals surface area contributed by atoms with E-state index in [1.54, 1.807) is 6.07 Å². The molecule has 2 rings (SSSR count). The first-order valence-corrected chi connectivity index (χ1v) is 4.52. The summed E-state index contributed by atoms with van der Waals surface area (Å²) in [4.78, 5) is 11.4. The van der Waals surface area contributed by atoms with Crippen molar-refractivity contribution < 1.29 is 9.32 Å². The van der Waals surface area contributed by atoms with Crippen molar-refractivity contribution in [3.8, 4) is 0 Å². The van der Waals surface area contributed by atoms with Crippen molar-refractivity contribution >= 4 is 5.91 Å². The third-order valence-electron chi connectivity index (χ3n) is 2.43. The molecule has 4 nitrogen and oxygen atoms in total. The van der Waals surface area contributed by atoms with Gasteiger partial charge in [0.25, 0.3) is 5.91 Å². The lowest BCUT2D eigenvalue weighted by Crippen LogP contribution is -2.26. The Morgan fingerprint density at radius 2 is 2.69 bits per heavy atom. The summed E-state index contributed by atoms with van der Waals surface area (Å²) in [6.07, 6.45) is 3.69. The second-order valence-corrected chi connectivity index (χ2v) is 3.36. The average molecular weight is 180 g/mol. The van der Waals surface area contributed by atoms with Crippen molar-refractivity contribution in [1.82, 2.24) is 10.5 Å². The first-order chi connectivity index (χ1) is 6.31. The highest BCUT2D eigenvalue weighted by Crippen LogP contribution is 2.33. The van der Waals surface area contributed by atoms with Crippen molar-refractivity contribution in [3.05, 3.63) is 18.0 Å². The molecule has 1 saturated carbocycles. The minimum Gasteiger partial charge on any atom is -0.351 e. The molecule has 4 heteroatoms. The maximum atomic E-state index is 11.4. The number of carbonyl (C=O) groups is 1. The summed E-state index contributed by atoms with van der Waals surface area (Å²) in [6.45, 7) is 2.13. The topological polar surface area (TPSA) is 55.1 Å². The Bertz CT molecular complexity index is 295. The lowest BCUT2D eigenvalue weighted by molar-refractivity contribution is 0.0912. The zero-order chi connectivity index (χ0) is 9.26. The van der Waals surface area contributed by atoms with Gasteiger partial charge in [0.05, 0.1) is 6.20 Å². The van der Waals surface area contributed by atoms with Gasteiger partial charge in [-0.2, -0.15) is 0 Å². The van der Waals surface area contributed by atoms with Crippen LogP contribution in [0.4, 0.5) is 0 Å². The Kier molecular flexibility index (Phi) is 2.04. The third-order valence-corrected chi connectivity index (χ3v) is 2.43. The number of carbonyl (C=O) groups excluding carboxylic acids is 1. The van der Waals surface area contributed by atoms with Gasteiger partial charge in [0.15, 0.2) is 0 Å². The van der Waals surface area contributed by atoms with Crippen LogP contribution in [0.5, 0.6) is 0 Å². The monoisotopic (exact) mass is 180 g/mol. The second kappa shape index (κ2) is 3.20. The summed E-state index contributed by atoms with van der Waals surface area (Å²) in [5.74, 6) is 0.798. The highest BCUT2D eigenvalue weighted by molar-refractivity contribution is 5.91. The van der Waals surface area contributed by atoms with Crippen LogP contribution in [-0.4, -0.2) is 17.1 Å². The number of hydrogen-bond donors (Lipinski definition) is 1. The zero-order valence-electron chi connectivity index (χ0n) is 7.49. The molecule has 1 aliphatic rings. The molecule has 70 valence electrons. The fourth-order valence-electron chi connectivity index (χ4n) is 1.45. The highest BCUT2D eigenvalue weighted by Gasteiger charge is 2.36. The van der Waals surface area contributed by atoms with E-state index in [9.17, 15) is 4.79 Å². The van der Waals surface area contributed by atoms with Crippen LogP contribution >= 0.6 is 0 Å². The standard InChI is InChI=1S/C9H12N2O2/c1-2-6-5-7(6)11-9(12)8-3-4-10-13-8/h3-4,6-7H,2,5H2,1H3,(H,11,12). The number of rotatable bonds is 3. The summed E-state index contributed by atoms with van der Waals surface area (Å²) in [6, 6.07) is 1.92. The van der Waals surface area contributed by atoms with Gasteiger partial charge in [0, 0.05) is 12.1 Å². The zero-order valence-corrected chi connectivity index (χ0v) is 7.49. The molecular weight excluding hydrogens is 168 g/mol. The summed E-state index contributed by atoms with van der Waals surface area (Å²) in [5.41, 5.74) is 0. The molecule has 13 heavy (non-hydrogen) atoms. The van der Waals surface area contributed by atoms with Crippen LogP contribution in [0.2, 0.25) is 0 Å². The van der Waals surface area contributed by atoms with Gasteiger partial charge in [0.1, 0.15) is 0 Å². The van der Waals surface area contributed by atoms with Gasteiger partial charge in [-0.1, -0.05) is 18.5 Å². The van der Waals surface area contributed by atoms with Crippen LogP contribution in [0.25, 0.3) is 0 Å². The molecule has 1 aromatic rings. The van der Waals surface area contributed by atoms with Crippen LogP contribution in [-0.2, 0) is 0 Å². The van der Waals surface area contributed by atoms with E-state index < -0.39 is 0 Å². The molecule has 1 aliphatic carbocycles. The maximum absolute atomic E-state index is 11.4. The molecular formula is C9H12N2O2. The number of aromatic nitrogens is 1. The first-order valence-electron chi connectivity index (χ1n) is 4.52. The quantitative estimate of drug-likeness (QED) is 0.760. The van der Waals surface area contributed by atoms with E-state index in [0.717, 1.165) is 12.8 Å². The van der Waals surface area contributed by atoms with Gasteiger partial charge in [0.2, 0.25) is 5.76 Å². The molecule has 2 unspecified atom stereocenters. The Balaban J connectivity index is 1.87. The van der Waals surface area contributed by atoms with Crippen molar-refractivity contribution in [3.63, 3.8) is 0 Å². The minimum absolute atomic E-state index is 0.154. The predicted molar refractivity (Wildman–Crippen MR) is 46.2 cm³/mol. The van der Waals surface area contributed by atoms with Crippen LogP contribution in [0.3, 0.4) is 0 Å². The van der Waals surface area contributed by atoms with E-state index in [-0.39, 0.29) is 5.91 Å². The Morgan fingerprint density at radius 3 is 3.23 bits per heavy atom. The van der Waals surface area contributed by atoms with E-state index in [1.807, 2.05) is 0 Å². The Labute approximate surface area is 76.3 Å². The van der Waals surface area contributed by atoms with Crippen molar-refractivity contribution in [2.24, 2.45) is 5.92 Å². The van der Waals surface area contributed by atoms with Crippen molar-refractivity contribution in [2.75, 3.05) is 0 Å². The molecule has 0 radical (unpaired) electrons. The van der Waals surface area contributed by atoms with Gasteiger partial charge in [-0.05, 0) is 12.3 Å². The molecule has 1 N–H and O–H groups in total. The van der Waals surface area contributed by atoms with Gasteiger partial charge in [-0.15, -0.1) is 0 Å². The lowest BCUT2D eigenvalue weighted by Gasteiger charge is -1.99. The second-order valence-electron chi connectivity index (χ2n) is 3.36. The molecule has 1 heterocycles. The number of nitrogens with zero attached hydrogens (tertiary/aromatic N) is 1. The molecule has 0 aromatic carbocycles. The number of hydrogen-bond acceptors (Lipinski definition) is 3. The molecule has 0 bridgehead atoms. The van der Waals surface area contributed by atoms with E-state index in [1.165, 1.54) is 6.20 Å². The Morgan fingerprint density at radius 1 is 1.85 bits per heavy atom. The molecule has 2 atom stereocenters. The molecule has 0 saturated heterocycles. The smallest absolute Gasteiger partial charge is 0.290 e. The van der Waals surface area contributed by atoms with Gasteiger partial charge < -0.3 is 9.84 Å². The predicted octanol–water partition coefficient (Wildman–Crippen LogP) is 1.20. The van der Waals surface area contributed by atoms with E-state index in [2.05, 4.69) is 17.4 Å². The van der Waals surface area contributed by atoms with Gasteiger partial charge in [-0.25, -0.2) is 0 Å². The van der Waals surface area contributed by atoms with E-state index in [4.69, 9.17) is 4.52 Å². The largest absolute Gasteiger partial charge is 0.351 e. The highest BCUT2D eigenvalue weighted by atomic mass is 16.5. The average Bonchev–Trinajstić information content (AvgIpc) is 2.68. The van der Waals surface area contributed by atoms with Crippen LogP contribution in [0, 0.1) is 5.92 Å². The van der Waals surface area contributed by atoms with Crippen LogP contribution in [0.15, 0.2) is 16.8 Å². The fourth-order valence-corrected chi connectivity index (χ4v) is 1.45. The van der Waals surface area contributed by atoms with E-state index in [0.29, 0.717) is 17.7 Å². The molecule has 1 fully saturated rings. The summed E-state index contributed by atoms with van der Waals surface area (Å²) >= 11 is 0. The third kappa shape index (κ3) is 1.71. The lowest BCUT2D eigenvalue weighted by atomic mass is 10.3. The maximum Gasteiger partial charge on any atom is 0.290 e. The summed E-state index contributed by atoms with van der Waals surface area (Å²) in [5, 5.41) is 6.36. The summed E-state index contributed by atoms with van der Waals surface area (Å²) < 4.78 is 4.73. The van der Waals surface area contributed by atoms with Gasteiger partial charge >= 0.3 is 0 Å². The molecule has 1 aromatic heterocycles. The number of amides is 1. The fraction of sp³-hybridized carbons (Fsp3) is 0.556. The Hall–Kier alpha value is -1.32. The van der Waals surface area contributed by atoms with Crippen LogP contribution in [0.1, 0.15) is 30.3 Å².